The lowest BCUT2D eigenvalue weighted by molar-refractivity contribution is -0.122. The van der Waals surface area contributed by atoms with Gasteiger partial charge in [-0.1, -0.05) is 51.1 Å². The van der Waals surface area contributed by atoms with Gasteiger partial charge < -0.3 is 25.0 Å². The number of likely N-dealkylation sites (tertiary alicyclic amines) is 1. The number of carbonyl (C=O) groups is 2. The maximum Gasteiger partial charge on any atom is 0.410 e. The molecule has 2 rings (SSSR count). The quantitative estimate of drug-likeness (QED) is 0.394. The van der Waals surface area contributed by atoms with Gasteiger partial charge in [0.1, 0.15) is 11.6 Å². The lowest BCUT2D eigenvalue weighted by atomic mass is 9.96. The van der Waals surface area contributed by atoms with Gasteiger partial charge in [0.2, 0.25) is 5.91 Å². The van der Waals surface area contributed by atoms with Crippen LogP contribution in [0.1, 0.15) is 66.9 Å². The van der Waals surface area contributed by atoms with Crippen LogP contribution in [0.4, 0.5) is 4.79 Å². The molecule has 1 aromatic rings. The largest absolute Gasteiger partial charge is 0.444 e. The molecule has 1 fully saturated rings. The fourth-order valence-electron chi connectivity index (χ4n) is 4.37. The van der Waals surface area contributed by atoms with Gasteiger partial charge in [0, 0.05) is 13.1 Å². The van der Waals surface area contributed by atoms with Crippen molar-refractivity contribution < 1.29 is 23.5 Å². The van der Waals surface area contributed by atoms with Crippen molar-refractivity contribution in [1.29, 1.82) is 0 Å². The summed E-state index contributed by atoms with van der Waals surface area (Å²) in [6.45, 7) is 19.9. The monoisotopic (exact) mass is 535 g/mol. The normalized spacial score (nSPS) is 20.5. The smallest absolute Gasteiger partial charge is 0.410 e. The Morgan fingerprint density at radius 2 is 1.76 bits per heavy atom. The molecule has 9 heteroatoms. The zero-order chi connectivity index (χ0) is 28.1. The summed E-state index contributed by atoms with van der Waals surface area (Å²) in [6, 6.07) is 9.22. The second kappa shape index (κ2) is 12.3. The third-order valence-corrected chi connectivity index (χ3v) is 12.0. The molecule has 0 aliphatic carbocycles. The van der Waals surface area contributed by atoms with Crippen LogP contribution >= 0.6 is 0 Å². The summed E-state index contributed by atoms with van der Waals surface area (Å²) in [6.07, 6.45) is 0.734. The third-order valence-electron chi connectivity index (χ3n) is 7.41. The van der Waals surface area contributed by atoms with Gasteiger partial charge in [-0.3, -0.25) is 9.69 Å². The topological polar surface area (TPSA) is 103 Å². The molecule has 2 amide bonds. The molecule has 1 aromatic carbocycles. The highest BCUT2D eigenvalue weighted by Gasteiger charge is 2.47. The number of amides is 2. The lowest BCUT2D eigenvalue weighted by Gasteiger charge is -2.42. The Balaban J connectivity index is 2.24. The summed E-state index contributed by atoms with van der Waals surface area (Å²) < 4.78 is 18.4. The Bertz CT molecular complexity index is 897. The first-order valence-electron chi connectivity index (χ1n) is 13.3. The minimum atomic E-state index is -2.13. The van der Waals surface area contributed by atoms with Crippen LogP contribution in [0.5, 0.6) is 0 Å². The van der Waals surface area contributed by atoms with E-state index in [9.17, 15) is 9.59 Å². The third kappa shape index (κ3) is 8.80. The van der Waals surface area contributed by atoms with Crippen molar-refractivity contribution >= 4 is 20.3 Å². The van der Waals surface area contributed by atoms with E-state index in [0.29, 0.717) is 26.3 Å². The van der Waals surface area contributed by atoms with Gasteiger partial charge in [-0.15, -0.1) is 0 Å². The zero-order valence-corrected chi connectivity index (χ0v) is 25.3. The van der Waals surface area contributed by atoms with Crippen molar-refractivity contribution in [3.8, 4) is 0 Å². The van der Waals surface area contributed by atoms with Crippen molar-refractivity contribution in [2.24, 2.45) is 5.73 Å². The van der Waals surface area contributed by atoms with Crippen molar-refractivity contribution in [1.82, 2.24) is 10.2 Å². The van der Waals surface area contributed by atoms with Crippen molar-refractivity contribution in [3.05, 3.63) is 35.9 Å². The minimum absolute atomic E-state index is 0.00504. The average molecular weight is 536 g/mol. The van der Waals surface area contributed by atoms with Gasteiger partial charge in [0.05, 0.1) is 24.9 Å². The Morgan fingerprint density at radius 3 is 2.30 bits per heavy atom. The number of ether oxygens (including phenoxy) is 2. The number of nitrogens with one attached hydrogen (secondary N) is 1. The molecule has 210 valence electrons. The fraction of sp³-hybridized carbons (Fsp3) is 0.714. The minimum Gasteiger partial charge on any atom is -0.444 e. The van der Waals surface area contributed by atoms with E-state index in [0.717, 1.165) is 18.4 Å². The highest BCUT2D eigenvalue weighted by Crippen LogP contribution is 2.38. The summed E-state index contributed by atoms with van der Waals surface area (Å²) in [5.74, 6) is -0.478. The Hall–Kier alpha value is -1.94. The Kier molecular flexibility index (Phi) is 10.4. The first-order valence-corrected chi connectivity index (χ1v) is 16.2. The summed E-state index contributed by atoms with van der Waals surface area (Å²) >= 11 is 0. The van der Waals surface area contributed by atoms with Crippen LogP contribution in [-0.4, -0.2) is 68.2 Å². The predicted molar refractivity (Wildman–Crippen MR) is 150 cm³/mol. The molecule has 3 atom stereocenters. The van der Waals surface area contributed by atoms with Gasteiger partial charge in [0.25, 0.3) is 0 Å². The van der Waals surface area contributed by atoms with Crippen LogP contribution in [0.15, 0.2) is 30.3 Å². The molecular weight excluding hydrogens is 486 g/mol. The molecule has 0 radical (unpaired) electrons. The van der Waals surface area contributed by atoms with Gasteiger partial charge in [-0.05, 0) is 64.2 Å². The van der Waals surface area contributed by atoms with Gasteiger partial charge in [-0.2, -0.15) is 0 Å². The Labute approximate surface area is 224 Å². The van der Waals surface area contributed by atoms with Crippen LogP contribution < -0.4 is 11.1 Å². The number of carbonyl (C=O) groups excluding carboxylic acids is 2. The molecule has 1 saturated heterocycles. The first kappa shape index (κ1) is 31.3. The summed E-state index contributed by atoms with van der Waals surface area (Å²) in [7, 11) is -2.13. The lowest BCUT2D eigenvalue weighted by Crippen LogP contribution is -2.62. The molecule has 1 aliphatic heterocycles. The van der Waals surface area contributed by atoms with E-state index in [2.05, 4.69) is 39.2 Å². The Morgan fingerprint density at radius 1 is 1.14 bits per heavy atom. The van der Waals surface area contributed by atoms with Gasteiger partial charge in [0.15, 0.2) is 8.32 Å². The second-order valence-corrected chi connectivity index (χ2v) is 17.5. The van der Waals surface area contributed by atoms with E-state index in [1.54, 1.807) is 4.90 Å². The molecule has 37 heavy (non-hydrogen) atoms. The van der Waals surface area contributed by atoms with Crippen LogP contribution in [0, 0.1) is 0 Å². The van der Waals surface area contributed by atoms with Crippen molar-refractivity contribution in [2.45, 2.75) is 109 Å². The number of hydrogen-bond donors (Lipinski definition) is 2. The molecule has 0 saturated carbocycles. The standard InChI is InChI=1S/C28H49N3O5Si/c1-21(36-37(8,9)27(5,6)7)23(24(29)32)30-19-28(20-34-18-22-14-11-10-12-15-22)16-13-17-31(28)25(33)35-26(2,3)4/h10-12,14-15,21,23,30H,13,16-20H2,1-9H3,(H2,29,32)/t21-,23+,28?/m1/s1. The van der Waals surface area contributed by atoms with Crippen LogP contribution in [0.25, 0.3) is 0 Å². The number of primary amides is 1. The summed E-state index contributed by atoms with van der Waals surface area (Å²) in [5.41, 5.74) is 5.60. The molecular formula is C28H49N3O5Si. The molecule has 1 heterocycles. The van der Waals surface area contributed by atoms with Crippen LogP contribution in [0.2, 0.25) is 18.1 Å². The molecule has 8 nitrogen and oxygen atoms in total. The molecule has 0 bridgehead atoms. The number of nitrogens with zero attached hydrogens (tertiary/aromatic N) is 1. The first-order chi connectivity index (χ1) is 17.0. The predicted octanol–water partition coefficient (Wildman–Crippen LogP) is 4.83. The SMILES string of the molecule is C[C@@H](O[Si](C)(C)C(C)(C)C)[C@H](NCC1(COCc2ccccc2)CCCN1C(=O)OC(C)(C)C)C(N)=O. The van der Waals surface area contributed by atoms with E-state index < -0.39 is 37.5 Å². The maximum atomic E-state index is 13.2. The number of rotatable bonds is 11. The van der Waals surface area contributed by atoms with Crippen LogP contribution in [0.3, 0.4) is 0 Å². The number of hydrogen-bond acceptors (Lipinski definition) is 6. The van der Waals surface area contributed by atoms with E-state index in [1.165, 1.54) is 0 Å². The average Bonchev–Trinajstić information content (AvgIpc) is 3.16. The molecule has 1 unspecified atom stereocenters. The highest BCUT2D eigenvalue weighted by molar-refractivity contribution is 6.74. The van der Waals surface area contributed by atoms with Crippen molar-refractivity contribution in [2.75, 3.05) is 19.7 Å². The number of nitrogens with two attached hydrogens (primary N) is 1. The van der Waals surface area contributed by atoms with E-state index in [4.69, 9.17) is 19.6 Å². The van der Waals surface area contributed by atoms with E-state index in [1.807, 2.05) is 58.0 Å². The molecule has 0 spiro atoms. The van der Waals surface area contributed by atoms with E-state index in [-0.39, 0.29) is 11.1 Å². The van der Waals surface area contributed by atoms with Crippen LogP contribution in [-0.2, 0) is 25.3 Å². The van der Waals surface area contributed by atoms with Gasteiger partial charge in [-0.25, -0.2) is 4.79 Å². The molecule has 1 aliphatic rings. The summed E-state index contributed by atoms with van der Waals surface area (Å²) in [5, 5.41) is 3.36. The molecule has 0 aromatic heterocycles. The maximum absolute atomic E-state index is 13.2. The zero-order valence-electron chi connectivity index (χ0n) is 24.3. The number of benzene rings is 1. The second-order valence-electron chi connectivity index (χ2n) is 12.8. The van der Waals surface area contributed by atoms with Crippen molar-refractivity contribution in [3.63, 3.8) is 0 Å². The molecule has 3 N–H and O–H groups in total. The summed E-state index contributed by atoms with van der Waals surface area (Å²) in [4.78, 5) is 27.5. The van der Waals surface area contributed by atoms with E-state index >= 15 is 0 Å². The fourth-order valence-corrected chi connectivity index (χ4v) is 5.78. The van der Waals surface area contributed by atoms with Gasteiger partial charge >= 0.3 is 6.09 Å². The highest BCUT2D eigenvalue weighted by atomic mass is 28.4.